The standard InChI is InChI=1S/C25H20N2O2/c28-25(19-11-5-2-6-12-19)23-16-15-22(29-23)24-20-13-7-8-14-21(20)27(26-24)17-18-9-3-1-4-10-18/h1-16,25,28H,17H2. The third kappa shape index (κ3) is 3.35. The van der Waals surface area contributed by atoms with E-state index in [2.05, 4.69) is 24.3 Å². The van der Waals surface area contributed by atoms with Crippen LogP contribution in [0, 0.1) is 0 Å². The number of fused-ring (bicyclic) bond motifs is 1. The molecule has 2 heterocycles. The Balaban J connectivity index is 1.53. The number of nitrogens with zero attached hydrogens (tertiary/aromatic N) is 2. The molecular formula is C25H20N2O2. The van der Waals surface area contributed by atoms with Crippen LogP contribution in [0.15, 0.2) is 101 Å². The Morgan fingerprint density at radius 2 is 1.48 bits per heavy atom. The maximum absolute atomic E-state index is 10.6. The minimum absolute atomic E-state index is 0.507. The van der Waals surface area contributed by atoms with E-state index in [9.17, 15) is 5.11 Å². The van der Waals surface area contributed by atoms with Crippen molar-refractivity contribution in [2.24, 2.45) is 0 Å². The van der Waals surface area contributed by atoms with Crippen LogP contribution in [0.3, 0.4) is 0 Å². The molecule has 0 amide bonds. The summed E-state index contributed by atoms with van der Waals surface area (Å²) in [7, 11) is 0. The van der Waals surface area contributed by atoms with Crippen LogP contribution in [0.5, 0.6) is 0 Å². The minimum atomic E-state index is -0.803. The zero-order chi connectivity index (χ0) is 19.6. The van der Waals surface area contributed by atoms with E-state index in [1.165, 1.54) is 5.56 Å². The topological polar surface area (TPSA) is 51.2 Å². The summed E-state index contributed by atoms with van der Waals surface area (Å²) < 4.78 is 8.03. The molecule has 0 fully saturated rings. The Bertz CT molecular complexity index is 1240. The Kier molecular flexibility index (Phi) is 4.47. The van der Waals surface area contributed by atoms with Crippen LogP contribution in [0.1, 0.15) is 23.0 Å². The molecule has 4 heteroatoms. The number of aromatic nitrogens is 2. The van der Waals surface area contributed by atoms with Crippen LogP contribution in [0.2, 0.25) is 0 Å². The highest BCUT2D eigenvalue weighted by atomic mass is 16.4. The van der Waals surface area contributed by atoms with Gasteiger partial charge in [0.1, 0.15) is 17.6 Å². The van der Waals surface area contributed by atoms with E-state index in [0.717, 1.165) is 22.2 Å². The fourth-order valence-corrected chi connectivity index (χ4v) is 3.61. The quantitative estimate of drug-likeness (QED) is 0.442. The third-order valence-corrected chi connectivity index (χ3v) is 5.08. The van der Waals surface area contributed by atoms with Crippen LogP contribution < -0.4 is 0 Å². The van der Waals surface area contributed by atoms with Gasteiger partial charge in [0.2, 0.25) is 0 Å². The van der Waals surface area contributed by atoms with Crippen molar-refractivity contribution in [3.8, 4) is 11.5 Å². The summed E-state index contributed by atoms with van der Waals surface area (Å²) in [6.07, 6.45) is -0.803. The Labute approximate surface area is 168 Å². The predicted octanol–water partition coefficient (Wildman–Crippen LogP) is 5.43. The number of aliphatic hydroxyl groups excluding tert-OH is 1. The Morgan fingerprint density at radius 3 is 2.28 bits per heavy atom. The number of benzene rings is 3. The summed E-state index contributed by atoms with van der Waals surface area (Å²) >= 11 is 0. The second-order valence-corrected chi connectivity index (χ2v) is 7.02. The van der Waals surface area contributed by atoms with E-state index >= 15 is 0 Å². The van der Waals surface area contributed by atoms with Gasteiger partial charge in [0.15, 0.2) is 5.76 Å². The van der Waals surface area contributed by atoms with Gasteiger partial charge in [0, 0.05) is 5.39 Å². The smallest absolute Gasteiger partial charge is 0.155 e. The van der Waals surface area contributed by atoms with E-state index in [1.807, 2.05) is 77.5 Å². The predicted molar refractivity (Wildman–Crippen MR) is 113 cm³/mol. The second-order valence-electron chi connectivity index (χ2n) is 7.02. The molecule has 0 saturated heterocycles. The van der Waals surface area contributed by atoms with Gasteiger partial charge in [-0.15, -0.1) is 0 Å². The van der Waals surface area contributed by atoms with Crippen molar-refractivity contribution in [1.82, 2.24) is 9.78 Å². The van der Waals surface area contributed by atoms with Gasteiger partial charge in [-0.25, -0.2) is 0 Å². The molecule has 2 aromatic heterocycles. The Morgan fingerprint density at radius 1 is 0.793 bits per heavy atom. The molecule has 1 unspecified atom stereocenters. The lowest BCUT2D eigenvalue weighted by atomic mass is 10.1. The molecule has 0 aliphatic heterocycles. The maximum atomic E-state index is 10.6. The van der Waals surface area contributed by atoms with Gasteiger partial charge in [-0.2, -0.15) is 5.10 Å². The Hall–Kier alpha value is -3.63. The van der Waals surface area contributed by atoms with Gasteiger partial charge in [-0.1, -0.05) is 78.9 Å². The maximum Gasteiger partial charge on any atom is 0.155 e. The zero-order valence-electron chi connectivity index (χ0n) is 15.8. The minimum Gasteiger partial charge on any atom is -0.456 e. The monoisotopic (exact) mass is 380 g/mol. The summed E-state index contributed by atoms with van der Waals surface area (Å²) in [4.78, 5) is 0. The molecular weight excluding hydrogens is 360 g/mol. The number of aliphatic hydroxyl groups is 1. The zero-order valence-corrected chi connectivity index (χ0v) is 15.8. The first kappa shape index (κ1) is 17.5. The summed E-state index contributed by atoms with van der Waals surface area (Å²) in [5.41, 5.74) is 3.82. The molecule has 4 nitrogen and oxygen atoms in total. The molecule has 0 aliphatic carbocycles. The molecule has 0 bridgehead atoms. The number of hydrogen-bond donors (Lipinski definition) is 1. The van der Waals surface area contributed by atoms with Gasteiger partial charge < -0.3 is 9.52 Å². The molecule has 0 radical (unpaired) electrons. The van der Waals surface area contributed by atoms with Crippen molar-refractivity contribution in [1.29, 1.82) is 0 Å². The molecule has 0 saturated carbocycles. The molecule has 0 spiro atoms. The van der Waals surface area contributed by atoms with Crippen LogP contribution in [0.25, 0.3) is 22.4 Å². The third-order valence-electron chi connectivity index (χ3n) is 5.08. The highest BCUT2D eigenvalue weighted by molar-refractivity contribution is 5.92. The normalized spacial score (nSPS) is 12.3. The number of hydrogen-bond acceptors (Lipinski definition) is 3. The summed E-state index contributed by atoms with van der Waals surface area (Å²) in [5, 5.41) is 16.5. The molecule has 3 aromatic carbocycles. The molecule has 29 heavy (non-hydrogen) atoms. The van der Waals surface area contributed by atoms with Gasteiger partial charge in [-0.3, -0.25) is 4.68 Å². The van der Waals surface area contributed by atoms with Crippen molar-refractivity contribution in [2.45, 2.75) is 12.6 Å². The molecule has 142 valence electrons. The average molecular weight is 380 g/mol. The fourth-order valence-electron chi connectivity index (χ4n) is 3.61. The van der Waals surface area contributed by atoms with E-state index in [-0.39, 0.29) is 0 Å². The molecule has 1 N–H and O–H groups in total. The van der Waals surface area contributed by atoms with E-state index in [4.69, 9.17) is 9.52 Å². The lowest BCUT2D eigenvalue weighted by Crippen LogP contribution is -2.01. The fraction of sp³-hybridized carbons (Fsp3) is 0.0800. The number of para-hydroxylation sites is 1. The summed E-state index contributed by atoms with van der Waals surface area (Å²) in [5.74, 6) is 1.16. The number of furan rings is 1. The first-order valence-corrected chi connectivity index (χ1v) is 9.62. The van der Waals surface area contributed by atoms with E-state index in [1.54, 1.807) is 0 Å². The highest BCUT2D eigenvalue weighted by Crippen LogP contribution is 2.32. The van der Waals surface area contributed by atoms with Crippen LogP contribution >= 0.6 is 0 Å². The highest BCUT2D eigenvalue weighted by Gasteiger charge is 2.19. The van der Waals surface area contributed by atoms with Crippen LogP contribution in [0.4, 0.5) is 0 Å². The largest absolute Gasteiger partial charge is 0.456 e. The first-order valence-electron chi connectivity index (χ1n) is 9.62. The van der Waals surface area contributed by atoms with Crippen LogP contribution in [-0.2, 0) is 6.54 Å². The van der Waals surface area contributed by atoms with Crippen molar-refractivity contribution in [3.05, 3.63) is 114 Å². The lowest BCUT2D eigenvalue weighted by molar-refractivity contribution is 0.190. The lowest BCUT2D eigenvalue weighted by Gasteiger charge is -2.07. The summed E-state index contributed by atoms with van der Waals surface area (Å²) in [6, 6.07) is 31.6. The molecule has 1 atom stereocenters. The van der Waals surface area contributed by atoms with Crippen molar-refractivity contribution in [3.63, 3.8) is 0 Å². The summed E-state index contributed by atoms with van der Waals surface area (Å²) in [6.45, 7) is 0.682. The van der Waals surface area contributed by atoms with E-state index in [0.29, 0.717) is 18.1 Å². The van der Waals surface area contributed by atoms with Crippen molar-refractivity contribution < 1.29 is 9.52 Å². The van der Waals surface area contributed by atoms with Gasteiger partial charge in [-0.05, 0) is 29.3 Å². The van der Waals surface area contributed by atoms with Crippen molar-refractivity contribution in [2.75, 3.05) is 0 Å². The second kappa shape index (κ2) is 7.41. The van der Waals surface area contributed by atoms with Gasteiger partial charge >= 0.3 is 0 Å². The number of rotatable bonds is 5. The van der Waals surface area contributed by atoms with Crippen LogP contribution in [-0.4, -0.2) is 14.9 Å². The first-order chi connectivity index (χ1) is 14.3. The SMILES string of the molecule is OC(c1ccccc1)c1ccc(-c2nn(Cc3ccccc3)c3ccccc23)o1. The van der Waals surface area contributed by atoms with Gasteiger partial charge in [0.25, 0.3) is 0 Å². The molecule has 5 rings (SSSR count). The average Bonchev–Trinajstić information content (AvgIpc) is 3.40. The van der Waals surface area contributed by atoms with Gasteiger partial charge in [0.05, 0.1) is 12.1 Å². The molecule has 5 aromatic rings. The molecule has 0 aliphatic rings. The van der Waals surface area contributed by atoms with E-state index < -0.39 is 6.10 Å². The van der Waals surface area contributed by atoms with Crippen molar-refractivity contribution >= 4 is 10.9 Å².